The summed E-state index contributed by atoms with van der Waals surface area (Å²) in [6.45, 7) is 1.86. The molecule has 0 spiro atoms. The van der Waals surface area contributed by atoms with E-state index < -0.39 is 11.9 Å². The van der Waals surface area contributed by atoms with Gasteiger partial charge in [0.1, 0.15) is 0 Å². The highest BCUT2D eigenvalue weighted by Gasteiger charge is 2.20. The van der Waals surface area contributed by atoms with Crippen LogP contribution in [0.5, 0.6) is 0 Å². The second kappa shape index (κ2) is 6.30. The predicted octanol–water partition coefficient (Wildman–Crippen LogP) is 1.93. The lowest BCUT2D eigenvalue weighted by Gasteiger charge is -2.16. The Balaban J connectivity index is 2.77. The number of likely N-dealkylation sites (N-methyl/N-ethyl adjacent to an activating group) is 1. The summed E-state index contributed by atoms with van der Waals surface area (Å²) >= 11 is 1.62. The van der Waals surface area contributed by atoms with Crippen molar-refractivity contribution in [3.05, 3.63) is 24.3 Å². The van der Waals surface area contributed by atoms with E-state index in [9.17, 15) is 9.59 Å². The molecule has 0 aromatic heterocycles. The second-order valence-electron chi connectivity index (χ2n) is 3.28. The Bertz CT molecular complexity index is 403. The van der Waals surface area contributed by atoms with Crippen LogP contribution in [0.2, 0.25) is 0 Å². The van der Waals surface area contributed by atoms with Crippen LogP contribution in [0.25, 0.3) is 0 Å². The lowest BCUT2D eigenvalue weighted by atomic mass is 10.3. The molecule has 0 N–H and O–H groups in total. The van der Waals surface area contributed by atoms with Crippen LogP contribution in [0.1, 0.15) is 6.92 Å². The highest BCUT2D eigenvalue weighted by molar-refractivity contribution is 7.98. The maximum Gasteiger partial charge on any atom is 0.397 e. The number of ether oxygens (including phenoxy) is 1. The molecule has 0 unspecified atom stereocenters. The lowest BCUT2D eigenvalue weighted by Crippen LogP contribution is -2.34. The van der Waals surface area contributed by atoms with Crippen LogP contribution in [0.3, 0.4) is 0 Å². The van der Waals surface area contributed by atoms with Crippen molar-refractivity contribution in [1.82, 2.24) is 0 Å². The van der Waals surface area contributed by atoms with E-state index in [0.29, 0.717) is 5.69 Å². The third-order valence-electron chi connectivity index (χ3n) is 2.21. The number of benzene rings is 1. The molecule has 1 rings (SSSR count). The summed E-state index contributed by atoms with van der Waals surface area (Å²) in [6, 6.07) is 7.38. The van der Waals surface area contributed by atoms with Crippen LogP contribution in [0, 0.1) is 0 Å². The number of carbonyl (C=O) groups is 2. The molecule has 5 heteroatoms. The van der Waals surface area contributed by atoms with Gasteiger partial charge in [-0.1, -0.05) is 0 Å². The molecule has 0 bridgehead atoms. The zero-order valence-corrected chi connectivity index (χ0v) is 10.9. The van der Waals surface area contributed by atoms with Gasteiger partial charge in [0, 0.05) is 17.6 Å². The van der Waals surface area contributed by atoms with Crippen molar-refractivity contribution in [2.45, 2.75) is 11.8 Å². The standard InChI is InChI=1S/C12H15NO3S/c1-4-16-12(15)11(14)13(2)9-5-7-10(17-3)8-6-9/h5-8H,4H2,1-3H3. The highest BCUT2D eigenvalue weighted by Crippen LogP contribution is 2.19. The highest BCUT2D eigenvalue weighted by atomic mass is 32.2. The Hall–Kier alpha value is -1.49. The van der Waals surface area contributed by atoms with Gasteiger partial charge in [-0.2, -0.15) is 0 Å². The fourth-order valence-electron chi connectivity index (χ4n) is 1.25. The van der Waals surface area contributed by atoms with Crippen LogP contribution in [-0.4, -0.2) is 31.8 Å². The first-order chi connectivity index (χ1) is 8.10. The lowest BCUT2D eigenvalue weighted by molar-refractivity contribution is -0.153. The first kappa shape index (κ1) is 13.6. The van der Waals surface area contributed by atoms with Gasteiger partial charge in [-0.3, -0.25) is 4.79 Å². The Morgan fingerprint density at radius 2 is 1.88 bits per heavy atom. The molecule has 17 heavy (non-hydrogen) atoms. The van der Waals surface area contributed by atoms with E-state index in [1.54, 1.807) is 37.9 Å². The molecule has 0 aliphatic carbocycles. The molecule has 0 aliphatic heterocycles. The Kier molecular flexibility index (Phi) is 5.03. The van der Waals surface area contributed by atoms with Crippen LogP contribution in [-0.2, 0) is 14.3 Å². The van der Waals surface area contributed by atoms with Crippen molar-refractivity contribution in [2.75, 3.05) is 24.8 Å². The number of hydrogen-bond donors (Lipinski definition) is 0. The van der Waals surface area contributed by atoms with E-state index in [1.807, 2.05) is 18.4 Å². The molecule has 0 radical (unpaired) electrons. The van der Waals surface area contributed by atoms with E-state index in [4.69, 9.17) is 0 Å². The summed E-state index contributed by atoms with van der Waals surface area (Å²) in [5.74, 6) is -1.49. The number of thioether (sulfide) groups is 1. The molecular formula is C12H15NO3S. The smallest absolute Gasteiger partial charge is 0.397 e. The van der Waals surface area contributed by atoms with Crippen molar-refractivity contribution >= 4 is 29.3 Å². The third kappa shape index (κ3) is 3.49. The Morgan fingerprint density at radius 1 is 1.29 bits per heavy atom. The Labute approximate surface area is 105 Å². The molecule has 92 valence electrons. The van der Waals surface area contributed by atoms with Crippen LogP contribution in [0.4, 0.5) is 5.69 Å². The molecular weight excluding hydrogens is 238 g/mol. The van der Waals surface area contributed by atoms with Gasteiger partial charge >= 0.3 is 11.9 Å². The predicted molar refractivity (Wildman–Crippen MR) is 68.3 cm³/mol. The van der Waals surface area contributed by atoms with Gasteiger partial charge in [0.25, 0.3) is 0 Å². The van der Waals surface area contributed by atoms with Crippen LogP contribution in [0.15, 0.2) is 29.2 Å². The fourth-order valence-corrected chi connectivity index (χ4v) is 1.66. The van der Waals surface area contributed by atoms with Crippen LogP contribution >= 0.6 is 11.8 Å². The molecule has 1 aromatic carbocycles. The molecule has 4 nitrogen and oxygen atoms in total. The average molecular weight is 253 g/mol. The molecule has 0 aliphatic rings. The van der Waals surface area contributed by atoms with Crippen molar-refractivity contribution < 1.29 is 14.3 Å². The largest absolute Gasteiger partial charge is 0.459 e. The summed E-state index contributed by atoms with van der Waals surface area (Å²) < 4.78 is 4.66. The minimum absolute atomic E-state index is 0.198. The van der Waals surface area contributed by atoms with Crippen molar-refractivity contribution in [1.29, 1.82) is 0 Å². The zero-order chi connectivity index (χ0) is 12.8. The average Bonchev–Trinajstić information content (AvgIpc) is 2.37. The van der Waals surface area contributed by atoms with Gasteiger partial charge in [0.2, 0.25) is 0 Å². The fraction of sp³-hybridized carbons (Fsp3) is 0.333. The minimum atomic E-state index is -0.830. The number of rotatable bonds is 3. The van der Waals surface area contributed by atoms with E-state index in [2.05, 4.69) is 4.74 Å². The van der Waals surface area contributed by atoms with Gasteiger partial charge in [0.05, 0.1) is 6.61 Å². The molecule has 1 aromatic rings. The number of hydrogen-bond acceptors (Lipinski definition) is 4. The zero-order valence-electron chi connectivity index (χ0n) is 10.1. The normalized spacial score (nSPS) is 9.82. The first-order valence-corrected chi connectivity index (χ1v) is 6.41. The Morgan fingerprint density at radius 3 is 2.35 bits per heavy atom. The molecule has 0 saturated carbocycles. The summed E-state index contributed by atoms with van der Waals surface area (Å²) in [5, 5.41) is 0. The summed E-state index contributed by atoms with van der Waals surface area (Å²) in [6.07, 6.45) is 1.97. The van der Waals surface area contributed by atoms with E-state index in [-0.39, 0.29) is 6.61 Å². The minimum Gasteiger partial charge on any atom is -0.459 e. The number of anilines is 1. The van der Waals surface area contributed by atoms with E-state index >= 15 is 0 Å². The SMILES string of the molecule is CCOC(=O)C(=O)N(C)c1ccc(SC)cc1. The summed E-state index contributed by atoms with van der Waals surface area (Å²) in [5.41, 5.74) is 0.667. The number of carbonyl (C=O) groups excluding carboxylic acids is 2. The first-order valence-electron chi connectivity index (χ1n) is 5.19. The maximum absolute atomic E-state index is 11.6. The van der Waals surface area contributed by atoms with Crippen molar-refractivity contribution in [2.24, 2.45) is 0 Å². The van der Waals surface area contributed by atoms with Crippen molar-refractivity contribution in [3.8, 4) is 0 Å². The maximum atomic E-state index is 11.6. The molecule has 0 saturated heterocycles. The van der Waals surface area contributed by atoms with E-state index in [1.165, 1.54) is 4.90 Å². The number of amides is 1. The number of nitrogens with zero attached hydrogens (tertiary/aromatic N) is 1. The molecule has 0 atom stereocenters. The van der Waals surface area contributed by atoms with Gasteiger partial charge < -0.3 is 9.64 Å². The van der Waals surface area contributed by atoms with E-state index in [0.717, 1.165) is 4.90 Å². The molecule has 0 heterocycles. The van der Waals surface area contributed by atoms with Gasteiger partial charge in [-0.25, -0.2) is 4.79 Å². The van der Waals surface area contributed by atoms with Gasteiger partial charge in [0.15, 0.2) is 0 Å². The van der Waals surface area contributed by atoms with Crippen molar-refractivity contribution in [3.63, 3.8) is 0 Å². The monoisotopic (exact) mass is 253 g/mol. The quantitative estimate of drug-likeness (QED) is 0.469. The summed E-state index contributed by atoms with van der Waals surface area (Å²) in [4.78, 5) is 25.3. The van der Waals surface area contributed by atoms with Gasteiger partial charge in [-0.05, 0) is 37.4 Å². The summed E-state index contributed by atoms with van der Waals surface area (Å²) in [7, 11) is 1.55. The molecule has 1 amide bonds. The number of esters is 1. The molecule has 0 fully saturated rings. The third-order valence-corrected chi connectivity index (χ3v) is 2.96. The van der Waals surface area contributed by atoms with Crippen LogP contribution < -0.4 is 4.90 Å². The second-order valence-corrected chi connectivity index (χ2v) is 4.16. The van der Waals surface area contributed by atoms with Gasteiger partial charge in [-0.15, -0.1) is 11.8 Å². The topological polar surface area (TPSA) is 46.6 Å².